The number of nitrogens with one attached hydrogen (secondary N) is 2. The summed E-state index contributed by atoms with van der Waals surface area (Å²) in [4.78, 5) is 26.0. The van der Waals surface area contributed by atoms with E-state index < -0.39 is 0 Å². The minimum absolute atomic E-state index is 0.0953. The predicted molar refractivity (Wildman–Crippen MR) is 93.5 cm³/mol. The van der Waals surface area contributed by atoms with Crippen LogP contribution in [0, 0.1) is 6.92 Å². The van der Waals surface area contributed by atoms with E-state index in [1.54, 1.807) is 22.1 Å². The zero-order valence-electron chi connectivity index (χ0n) is 14.4. The van der Waals surface area contributed by atoms with Crippen LogP contribution in [-0.4, -0.2) is 50.7 Å². The molecule has 1 aliphatic rings. The fourth-order valence-electron chi connectivity index (χ4n) is 2.94. The van der Waals surface area contributed by atoms with Crippen molar-refractivity contribution >= 4 is 17.6 Å². The van der Waals surface area contributed by atoms with Gasteiger partial charge < -0.3 is 15.5 Å². The standard InChI is InChI=1S/C17H22N6O2/c1-3-6-22-9-13(7-16(22)24)20-17(25)21-15-8-14(5-4-12(15)2)23-10-18-19-11-23/h4-5,8,10-11,13H,3,6-7,9H2,1-2H3,(H2,20,21,25)/t13-/m0/s1. The van der Waals surface area contributed by atoms with Crippen LogP contribution in [0.5, 0.6) is 0 Å². The van der Waals surface area contributed by atoms with Crippen LogP contribution < -0.4 is 10.6 Å². The Morgan fingerprint density at radius 3 is 2.80 bits per heavy atom. The number of rotatable bonds is 5. The third-order valence-electron chi connectivity index (χ3n) is 4.23. The van der Waals surface area contributed by atoms with E-state index in [0.717, 1.165) is 24.2 Å². The first-order chi connectivity index (χ1) is 12.1. The number of likely N-dealkylation sites (tertiary alicyclic amines) is 1. The van der Waals surface area contributed by atoms with Gasteiger partial charge in [-0.15, -0.1) is 10.2 Å². The fourth-order valence-corrected chi connectivity index (χ4v) is 2.94. The highest BCUT2D eigenvalue weighted by Crippen LogP contribution is 2.19. The molecule has 132 valence electrons. The van der Waals surface area contributed by atoms with Gasteiger partial charge in [-0.3, -0.25) is 9.36 Å². The maximum atomic E-state index is 12.3. The molecule has 8 nitrogen and oxygen atoms in total. The molecular formula is C17H22N6O2. The highest BCUT2D eigenvalue weighted by atomic mass is 16.2. The second kappa shape index (κ2) is 7.33. The van der Waals surface area contributed by atoms with Crippen molar-refractivity contribution in [2.75, 3.05) is 18.4 Å². The van der Waals surface area contributed by atoms with Crippen LogP contribution >= 0.6 is 0 Å². The highest BCUT2D eigenvalue weighted by Gasteiger charge is 2.29. The maximum Gasteiger partial charge on any atom is 0.319 e. The molecule has 8 heteroatoms. The molecule has 1 saturated heterocycles. The largest absolute Gasteiger partial charge is 0.341 e. The van der Waals surface area contributed by atoms with Crippen LogP contribution in [-0.2, 0) is 4.79 Å². The number of nitrogens with zero attached hydrogens (tertiary/aromatic N) is 4. The Labute approximate surface area is 146 Å². The molecule has 0 radical (unpaired) electrons. The van der Waals surface area contributed by atoms with Crippen LogP contribution in [0.25, 0.3) is 5.69 Å². The molecule has 0 saturated carbocycles. The number of urea groups is 1. The summed E-state index contributed by atoms with van der Waals surface area (Å²) in [5, 5.41) is 13.3. The summed E-state index contributed by atoms with van der Waals surface area (Å²) in [7, 11) is 0. The van der Waals surface area contributed by atoms with Gasteiger partial charge in [0.25, 0.3) is 0 Å². The molecule has 2 N–H and O–H groups in total. The van der Waals surface area contributed by atoms with Gasteiger partial charge >= 0.3 is 6.03 Å². The molecule has 1 fully saturated rings. The molecule has 1 aliphatic heterocycles. The minimum atomic E-state index is -0.305. The average molecular weight is 342 g/mol. The van der Waals surface area contributed by atoms with E-state index in [1.807, 2.05) is 32.0 Å². The Morgan fingerprint density at radius 1 is 1.32 bits per heavy atom. The Balaban J connectivity index is 1.63. The lowest BCUT2D eigenvalue weighted by Gasteiger charge is -2.17. The van der Waals surface area contributed by atoms with Gasteiger partial charge in [-0.25, -0.2) is 4.79 Å². The number of hydrogen-bond acceptors (Lipinski definition) is 4. The Kier molecular flexibility index (Phi) is 4.97. The van der Waals surface area contributed by atoms with Gasteiger partial charge in [0.2, 0.25) is 5.91 Å². The molecule has 1 aromatic heterocycles. The summed E-state index contributed by atoms with van der Waals surface area (Å²) in [6.07, 6.45) is 4.47. The molecule has 0 bridgehead atoms. The fraction of sp³-hybridized carbons (Fsp3) is 0.412. The quantitative estimate of drug-likeness (QED) is 0.865. The molecule has 2 aromatic rings. The number of amides is 3. The number of benzene rings is 1. The van der Waals surface area contributed by atoms with Gasteiger partial charge in [0.05, 0.1) is 11.7 Å². The van der Waals surface area contributed by atoms with Crippen molar-refractivity contribution in [2.24, 2.45) is 0 Å². The van der Waals surface area contributed by atoms with Gasteiger partial charge in [-0.1, -0.05) is 13.0 Å². The first-order valence-electron chi connectivity index (χ1n) is 8.37. The van der Waals surface area contributed by atoms with Crippen molar-refractivity contribution in [1.29, 1.82) is 0 Å². The Hall–Kier alpha value is -2.90. The summed E-state index contributed by atoms with van der Waals surface area (Å²) < 4.78 is 1.76. The predicted octanol–water partition coefficient (Wildman–Crippen LogP) is 1.71. The number of hydrogen-bond donors (Lipinski definition) is 2. The molecule has 1 aromatic carbocycles. The highest BCUT2D eigenvalue weighted by molar-refractivity contribution is 5.91. The molecule has 3 rings (SSSR count). The van der Waals surface area contributed by atoms with Gasteiger partial charge in [0, 0.05) is 25.2 Å². The van der Waals surface area contributed by atoms with Crippen molar-refractivity contribution in [3.05, 3.63) is 36.4 Å². The molecular weight excluding hydrogens is 320 g/mol. The van der Waals surface area contributed by atoms with Crippen molar-refractivity contribution in [1.82, 2.24) is 25.0 Å². The van der Waals surface area contributed by atoms with Crippen molar-refractivity contribution in [3.63, 3.8) is 0 Å². The zero-order chi connectivity index (χ0) is 17.8. The Bertz CT molecular complexity index is 759. The van der Waals surface area contributed by atoms with Gasteiger partial charge in [-0.2, -0.15) is 0 Å². The van der Waals surface area contributed by atoms with E-state index in [2.05, 4.69) is 20.8 Å². The summed E-state index contributed by atoms with van der Waals surface area (Å²) in [6, 6.07) is 5.26. The average Bonchev–Trinajstić information content (AvgIpc) is 3.21. The normalized spacial score (nSPS) is 17.0. The first kappa shape index (κ1) is 16.9. The van der Waals surface area contributed by atoms with E-state index in [4.69, 9.17) is 0 Å². The number of carbonyl (C=O) groups excluding carboxylic acids is 2. The molecule has 0 aliphatic carbocycles. The molecule has 1 atom stereocenters. The van der Waals surface area contributed by atoms with Crippen LogP contribution in [0.2, 0.25) is 0 Å². The third kappa shape index (κ3) is 3.96. The van der Waals surface area contributed by atoms with Gasteiger partial charge in [0.1, 0.15) is 12.7 Å². The smallest absolute Gasteiger partial charge is 0.319 e. The van der Waals surface area contributed by atoms with E-state index in [-0.39, 0.29) is 18.0 Å². The van der Waals surface area contributed by atoms with Gasteiger partial charge in [-0.05, 0) is 31.0 Å². The van der Waals surface area contributed by atoms with Crippen LogP contribution in [0.4, 0.5) is 10.5 Å². The summed E-state index contributed by atoms with van der Waals surface area (Å²) in [5.74, 6) is 0.0953. The van der Waals surface area contributed by atoms with Crippen LogP contribution in [0.15, 0.2) is 30.9 Å². The number of aromatic nitrogens is 3. The van der Waals surface area contributed by atoms with E-state index >= 15 is 0 Å². The number of aryl methyl sites for hydroxylation is 1. The van der Waals surface area contributed by atoms with Crippen LogP contribution in [0.1, 0.15) is 25.3 Å². The summed E-state index contributed by atoms with van der Waals surface area (Å²) in [5.41, 5.74) is 2.51. The number of anilines is 1. The van der Waals surface area contributed by atoms with E-state index in [9.17, 15) is 9.59 Å². The van der Waals surface area contributed by atoms with Crippen molar-refractivity contribution in [3.8, 4) is 5.69 Å². The minimum Gasteiger partial charge on any atom is -0.341 e. The molecule has 25 heavy (non-hydrogen) atoms. The topological polar surface area (TPSA) is 92.2 Å². The lowest BCUT2D eigenvalue weighted by atomic mass is 10.2. The zero-order valence-corrected chi connectivity index (χ0v) is 14.4. The van der Waals surface area contributed by atoms with Crippen molar-refractivity contribution in [2.45, 2.75) is 32.7 Å². The SMILES string of the molecule is CCCN1C[C@@H](NC(=O)Nc2cc(-n3cnnc3)ccc2C)CC1=O. The summed E-state index contributed by atoms with van der Waals surface area (Å²) in [6.45, 7) is 5.26. The van der Waals surface area contributed by atoms with Crippen molar-refractivity contribution < 1.29 is 9.59 Å². The molecule has 0 spiro atoms. The Morgan fingerprint density at radius 2 is 2.08 bits per heavy atom. The second-order valence-corrected chi connectivity index (χ2v) is 6.21. The lowest BCUT2D eigenvalue weighted by Crippen LogP contribution is -2.39. The number of carbonyl (C=O) groups is 2. The summed E-state index contributed by atoms with van der Waals surface area (Å²) >= 11 is 0. The monoisotopic (exact) mass is 342 g/mol. The lowest BCUT2D eigenvalue weighted by molar-refractivity contribution is -0.127. The molecule has 2 heterocycles. The molecule has 3 amide bonds. The molecule has 0 unspecified atom stereocenters. The van der Waals surface area contributed by atoms with E-state index in [1.165, 1.54) is 0 Å². The first-order valence-corrected chi connectivity index (χ1v) is 8.37. The maximum absolute atomic E-state index is 12.3. The second-order valence-electron chi connectivity index (χ2n) is 6.21. The third-order valence-corrected chi connectivity index (χ3v) is 4.23. The van der Waals surface area contributed by atoms with E-state index in [0.29, 0.717) is 18.7 Å². The van der Waals surface area contributed by atoms with Gasteiger partial charge in [0.15, 0.2) is 0 Å². The van der Waals surface area contributed by atoms with Crippen LogP contribution in [0.3, 0.4) is 0 Å².